The lowest BCUT2D eigenvalue weighted by Crippen LogP contribution is -2.53. The molecule has 6 nitrogen and oxygen atoms in total. The van der Waals surface area contributed by atoms with Gasteiger partial charge in [0.25, 0.3) is 0 Å². The molecule has 3 amide bonds. The van der Waals surface area contributed by atoms with Crippen LogP contribution in [-0.2, 0) is 19.9 Å². The monoisotopic (exact) mass is 365 g/mol. The van der Waals surface area contributed by atoms with Crippen LogP contribution in [0, 0.1) is 17.7 Å². The molecule has 7 heteroatoms. The number of carbonyl (C=O) groups excluding carboxylic acids is 3. The highest BCUT2D eigenvalue weighted by atomic mass is 19.1. The van der Waals surface area contributed by atoms with Gasteiger partial charge in [0.2, 0.25) is 17.7 Å². The Hall–Kier alpha value is -3.06. The first-order chi connectivity index (χ1) is 12.9. The van der Waals surface area contributed by atoms with Gasteiger partial charge in [-0.1, -0.05) is 24.3 Å². The molecule has 2 aromatic rings. The normalized spacial score (nSPS) is 31.4. The lowest BCUT2D eigenvalue weighted by molar-refractivity contribution is -0.130. The van der Waals surface area contributed by atoms with Crippen molar-refractivity contribution in [3.8, 4) is 0 Å². The van der Waals surface area contributed by atoms with Crippen LogP contribution in [0.3, 0.4) is 0 Å². The molecule has 27 heavy (non-hydrogen) atoms. The predicted molar refractivity (Wildman–Crippen MR) is 95.2 cm³/mol. The zero-order chi connectivity index (χ0) is 18.9. The highest BCUT2D eigenvalue weighted by Gasteiger charge is 2.69. The molecule has 3 aliphatic heterocycles. The van der Waals surface area contributed by atoms with Crippen LogP contribution in [0.1, 0.15) is 12.5 Å². The molecule has 1 spiro atoms. The van der Waals surface area contributed by atoms with Gasteiger partial charge in [-0.05, 0) is 31.2 Å². The number of carbonyl (C=O) groups is 3. The second-order valence-corrected chi connectivity index (χ2v) is 7.24. The van der Waals surface area contributed by atoms with Gasteiger partial charge in [-0.2, -0.15) is 0 Å². The molecule has 2 N–H and O–H groups in total. The maximum Gasteiger partial charge on any atom is 0.250 e. The molecule has 0 aliphatic carbocycles. The third-order valence-electron chi connectivity index (χ3n) is 5.84. The zero-order valence-corrected chi connectivity index (χ0v) is 14.4. The number of hydrogen-bond acceptors (Lipinski definition) is 4. The summed E-state index contributed by atoms with van der Waals surface area (Å²) < 4.78 is 13.7. The standard InChI is InChI=1S/C20H16FN3O3/c1-10-15-16(18(26)24(17(15)25)12-6-4-5-11(21)9-12)20(23-10)13-7-2-3-8-14(13)22-19(20)27/h2-10,15-16,23H,1H3,(H,22,27)/t10-,15-,16-,20-/m1/s1. The van der Waals surface area contributed by atoms with E-state index in [1.807, 2.05) is 0 Å². The molecule has 3 heterocycles. The first-order valence-electron chi connectivity index (χ1n) is 8.77. The lowest BCUT2D eigenvalue weighted by Gasteiger charge is -2.29. The van der Waals surface area contributed by atoms with Gasteiger partial charge in [-0.3, -0.25) is 19.7 Å². The van der Waals surface area contributed by atoms with E-state index in [9.17, 15) is 18.8 Å². The summed E-state index contributed by atoms with van der Waals surface area (Å²) in [6, 6.07) is 12.2. The van der Waals surface area contributed by atoms with Gasteiger partial charge in [0.1, 0.15) is 11.4 Å². The molecule has 0 radical (unpaired) electrons. The van der Waals surface area contributed by atoms with Crippen LogP contribution in [0.5, 0.6) is 0 Å². The van der Waals surface area contributed by atoms with Crippen LogP contribution >= 0.6 is 0 Å². The Morgan fingerprint density at radius 2 is 1.81 bits per heavy atom. The molecule has 0 aromatic heterocycles. The molecule has 0 saturated carbocycles. The highest BCUT2D eigenvalue weighted by molar-refractivity contribution is 6.25. The molecule has 136 valence electrons. The summed E-state index contributed by atoms with van der Waals surface area (Å²) in [5, 5.41) is 6.05. The third kappa shape index (κ3) is 1.89. The number of hydrogen-bond donors (Lipinski definition) is 2. The van der Waals surface area contributed by atoms with E-state index in [1.165, 1.54) is 18.2 Å². The van der Waals surface area contributed by atoms with E-state index >= 15 is 0 Å². The molecular formula is C20H16FN3O3. The molecule has 2 aromatic carbocycles. The van der Waals surface area contributed by atoms with Gasteiger partial charge in [-0.25, -0.2) is 9.29 Å². The van der Waals surface area contributed by atoms with Crippen molar-refractivity contribution in [3.63, 3.8) is 0 Å². The number of halogens is 1. The second-order valence-electron chi connectivity index (χ2n) is 7.24. The molecule has 0 unspecified atom stereocenters. The van der Waals surface area contributed by atoms with E-state index in [0.29, 0.717) is 11.3 Å². The summed E-state index contributed by atoms with van der Waals surface area (Å²) in [5.74, 6) is -3.35. The summed E-state index contributed by atoms with van der Waals surface area (Å²) in [7, 11) is 0. The van der Waals surface area contributed by atoms with Crippen LogP contribution in [0.15, 0.2) is 48.5 Å². The number of imide groups is 1. The first-order valence-corrected chi connectivity index (χ1v) is 8.77. The van der Waals surface area contributed by atoms with Crippen molar-refractivity contribution in [2.45, 2.75) is 18.5 Å². The van der Waals surface area contributed by atoms with Gasteiger partial charge < -0.3 is 5.32 Å². The maximum atomic E-state index is 13.7. The van der Waals surface area contributed by atoms with Crippen LogP contribution < -0.4 is 15.5 Å². The lowest BCUT2D eigenvalue weighted by atomic mass is 9.76. The molecule has 4 atom stereocenters. The van der Waals surface area contributed by atoms with E-state index in [1.54, 1.807) is 31.2 Å². The van der Waals surface area contributed by atoms with Gasteiger partial charge in [0.15, 0.2) is 0 Å². The summed E-state index contributed by atoms with van der Waals surface area (Å²) in [4.78, 5) is 40.4. The summed E-state index contributed by atoms with van der Waals surface area (Å²) in [6.07, 6.45) is 0. The van der Waals surface area contributed by atoms with E-state index in [2.05, 4.69) is 10.6 Å². The van der Waals surface area contributed by atoms with E-state index in [4.69, 9.17) is 0 Å². The number of amides is 3. The van der Waals surface area contributed by atoms with Crippen LogP contribution in [0.25, 0.3) is 0 Å². The van der Waals surface area contributed by atoms with Crippen molar-refractivity contribution in [2.24, 2.45) is 11.8 Å². The maximum absolute atomic E-state index is 13.7. The molecule has 5 rings (SSSR count). The predicted octanol–water partition coefficient (Wildman–Crippen LogP) is 1.77. The van der Waals surface area contributed by atoms with E-state index < -0.39 is 35.0 Å². The molecule has 3 aliphatic rings. The van der Waals surface area contributed by atoms with Gasteiger partial charge in [0, 0.05) is 17.3 Å². The second kappa shape index (κ2) is 5.23. The fourth-order valence-electron chi connectivity index (χ4n) is 4.79. The first kappa shape index (κ1) is 16.1. The number of fused-ring (bicyclic) bond motifs is 4. The van der Waals surface area contributed by atoms with Gasteiger partial charge >= 0.3 is 0 Å². The van der Waals surface area contributed by atoms with E-state index in [0.717, 1.165) is 11.0 Å². The third-order valence-corrected chi connectivity index (χ3v) is 5.84. The van der Waals surface area contributed by atoms with Crippen molar-refractivity contribution in [1.29, 1.82) is 0 Å². The number of para-hydroxylation sites is 1. The summed E-state index contributed by atoms with van der Waals surface area (Å²) in [6.45, 7) is 1.79. The molecule has 0 bridgehead atoms. The van der Waals surface area contributed by atoms with Crippen molar-refractivity contribution in [3.05, 3.63) is 59.9 Å². The fourth-order valence-corrected chi connectivity index (χ4v) is 4.79. The summed E-state index contributed by atoms with van der Waals surface area (Å²) in [5.41, 5.74) is 0.188. The number of benzene rings is 2. The summed E-state index contributed by atoms with van der Waals surface area (Å²) >= 11 is 0. The van der Waals surface area contributed by atoms with Gasteiger partial charge in [-0.15, -0.1) is 0 Å². The molecular weight excluding hydrogens is 349 g/mol. The number of nitrogens with zero attached hydrogens (tertiary/aromatic N) is 1. The topological polar surface area (TPSA) is 78.5 Å². The smallest absolute Gasteiger partial charge is 0.250 e. The van der Waals surface area contributed by atoms with Crippen molar-refractivity contribution >= 4 is 29.1 Å². The van der Waals surface area contributed by atoms with Crippen molar-refractivity contribution in [1.82, 2.24) is 5.32 Å². The fraction of sp³-hybridized carbons (Fsp3) is 0.250. The Morgan fingerprint density at radius 1 is 1.04 bits per heavy atom. The average Bonchev–Trinajstić information content (AvgIpc) is 3.20. The van der Waals surface area contributed by atoms with Crippen molar-refractivity contribution < 1.29 is 18.8 Å². The van der Waals surface area contributed by atoms with Crippen LogP contribution in [0.2, 0.25) is 0 Å². The average molecular weight is 365 g/mol. The minimum Gasteiger partial charge on any atom is -0.324 e. The Labute approximate surface area is 154 Å². The highest BCUT2D eigenvalue weighted by Crippen LogP contribution is 2.53. The molecule has 2 saturated heterocycles. The Bertz CT molecular complexity index is 1020. The SMILES string of the molecule is C[C@H]1N[C@@]2(C(=O)Nc3ccccc32)[C@H]2C(=O)N(c3cccc(F)c3)C(=O)[C@H]12. The minimum absolute atomic E-state index is 0.188. The van der Waals surface area contributed by atoms with Gasteiger partial charge in [0.05, 0.1) is 17.5 Å². The number of nitrogens with one attached hydrogen (secondary N) is 2. The molecule has 2 fully saturated rings. The Kier molecular flexibility index (Phi) is 3.13. The Balaban J connectivity index is 1.67. The zero-order valence-electron chi connectivity index (χ0n) is 14.4. The quantitative estimate of drug-likeness (QED) is 0.755. The van der Waals surface area contributed by atoms with Crippen LogP contribution in [-0.4, -0.2) is 23.8 Å². The van der Waals surface area contributed by atoms with Crippen LogP contribution in [0.4, 0.5) is 15.8 Å². The van der Waals surface area contributed by atoms with E-state index in [-0.39, 0.29) is 17.6 Å². The number of anilines is 2. The Morgan fingerprint density at radius 3 is 2.59 bits per heavy atom. The minimum atomic E-state index is -1.30. The van der Waals surface area contributed by atoms with Crippen molar-refractivity contribution in [2.75, 3.05) is 10.2 Å². The largest absolute Gasteiger partial charge is 0.324 e. The number of rotatable bonds is 1.